The van der Waals surface area contributed by atoms with Crippen LogP contribution in [0, 0.1) is 5.82 Å². The van der Waals surface area contributed by atoms with Crippen LogP contribution >= 0.6 is 0 Å². The van der Waals surface area contributed by atoms with Crippen molar-refractivity contribution < 1.29 is 9.13 Å². The van der Waals surface area contributed by atoms with Crippen molar-refractivity contribution in [3.8, 4) is 5.75 Å². The van der Waals surface area contributed by atoms with E-state index >= 15 is 0 Å². The van der Waals surface area contributed by atoms with Crippen LogP contribution in [0.15, 0.2) is 24.3 Å². The molecule has 0 amide bonds. The molecule has 0 spiro atoms. The Bertz CT molecular complexity index is 342. The molecule has 0 unspecified atom stereocenters. The summed E-state index contributed by atoms with van der Waals surface area (Å²) in [5.74, 6) is 0.479. The van der Waals surface area contributed by atoms with Crippen molar-refractivity contribution in [1.29, 1.82) is 0 Å². The van der Waals surface area contributed by atoms with Gasteiger partial charge in [0.25, 0.3) is 0 Å². The Hall–Kier alpha value is -1.13. The van der Waals surface area contributed by atoms with E-state index in [2.05, 4.69) is 4.90 Å². The highest BCUT2D eigenvalue weighted by molar-refractivity contribution is 5.21. The number of piperidine rings is 1. The number of nitrogens with zero attached hydrogens (tertiary/aromatic N) is 1. The van der Waals surface area contributed by atoms with Gasteiger partial charge in [0, 0.05) is 19.1 Å². The number of rotatable bonds is 4. The zero-order valence-corrected chi connectivity index (χ0v) is 9.94. The third-order valence-electron chi connectivity index (χ3n) is 3.03. The van der Waals surface area contributed by atoms with E-state index in [-0.39, 0.29) is 5.82 Å². The van der Waals surface area contributed by atoms with Gasteiger partial charge in [0.1, 0.15) is 18.2 Å². The third kappa shape index (κ3) is 3.98. The van der Waals surface area contributed by atoms with Gasteiger partial charge in [0.2, 0.25) is 0 Å². The van der Waals surface area contributed by atoms with Crippen LogP contribution in [0.4, 0.5) is 4.39 Å². The molecule has 1 aliphatic rings. The van der Waals surface area contributed by atoms with Crippen LogP contribution in [0.5, 0.6) is 5.75 Å². The summed E-state index contributed by atoms with van der Waals surface area (Å²) >= 11 is 0. The molecular formula is C13H19FN2O. The van der Waals surface area contributed by atoms with Gasteiger partial charge in [-0.25, -0.2) is 4.39 Å². The Kier molecular flexibility index (Phi) is 4.34. The molecule has 3 nitrogen and oxygen atoms in total. The van der Waals surface area contributed by atoms with E-state index in [1.807, 2.05) is 0 Å². The van der Waals surface area contributed by atoms with E-state index < -0.39 is 0 Å². The SMILES string of the molecule is N[C@H]1CCCN(CCOc2ccc(F)cc2)C1. The summed E-state index contributed by atoms with van der Waals surface area (Å²) < 4.78 is 18.2. The lowest BCUT2D eigenvalue weighted by Crippen LogP contribution is -2.44. The topological polar surface area (TPSA) is 38.5 Å². The highest BCUT2D eigenvalue weighted by Gasteiger charge is 2.15. The standard InChI is InChI=1S/C13H19FN2O/c14-11-3-5-13(6-4-11)17-9-8-16-7-1-2-12(15)10-16/h3-6,12H,1-2,7-10,15H2/t12-/m0/s1. The second-order valence-electron chi connectivity index (χ2n) is 4.51. The lowest BCUT2D eigenvalue weighted by molar-refractivity contribution is 0.171. The molecule has 1 aliphatic heterocycles. The highest BCUT2D eigenvalue weighted by atomic mass is 19.1. The first-order chi connectivity index (χ1) is 8.24. The van der Waals surface area contributed by atoms with E-state index in [9.17, 15) is 4.39 Å². The fourth-order valence-electron chi connectivity index (χ4n) is 2.12. The number of ether oxygens (including phenoxy) is 1. The zero-order chi connectivity index (χ0) is 12.1. The Morgan fingerprint density at radius 1 is 1.35 bits per heavy atom. The molecule has 0 aliphatic carbocycles. The molecule has 2 rings (SSSR count). The molecule has 94 valence electrons. The van der Waals surface area contributed by atoms with Gasteiger partial charge in [-0.2, -0.15) is 0 Å². The van der Waals surface area contributed by atoms with Crippen LogP contribution in [0.1, 0.15) is 12.8 Å². The molecule has 1 heterocycles. The second-order valence-corrected chi connectivity index (χ2v) is 4.51. The van der Waals surface area contributed by atoms with Gasteiger partial charge < -0.3 is 10.5 Å². The molecule has 1 aromatic rings. The van der Waals surface area contributed by atoms with Crippen molar-refractivity contribution in [1.82, 2.24) is 4.90 Å². The van der Waals surface area contributed by atoms with Crippen LogP contribution < -0.4 is 10.5 Å². The van der Waals surface area contributed by atoms with Crippen LogP contribution in [0.3, 0.4) is 0 Å². The van der Waals surface area contributed by atoms with Gasteiger partial charge in [-0.1, -0.05) is 0 Å². The maximum atomic E-state index is 12.7. The van der Waals surface area contributed by atoms with Crippen molar-refractivity contribution >= 4 is 0 Å². The van der Waals surface area contributed by atoms with Crippen molar-refractivity contribution in [2.24, 2.45) is 5.73 Å². The van der Waals surface area contributed by atoms with Crippen LogP contribution in [0.25, 0.3) is 0 Å². The van der Waals surface area contributed by atoms with Gasteiger partial charge in [0.05, 0.1) is 0 Å². The Morgan fingerprint density at radius 2 is 2.12 bits per heavy atom. The molecule has 2 N–H and O–H groups in total. The zero-order valence-electron chi connectivity index (χ0n) is 9.94. The molecule has 0 radical (unpaired) electrons. The average Bonchev–Trinajstić information content (AvgIpc) is 2.32. The molecule has 0 saturated carbocycles. The second kappa shape index (κ2) is 5.98. The smallest absolute Gasteiger partial charge is 0.123 e. The van der Waals surface area contributed by atoms with Gasteiger partial charge in [-0.3, -0.25) is 4.90 Å². The summed E-state index contributed by atoms with van der Waals surface area (Å²) in [5, 5.41) is 0. The Morgan fingerprint density at radius 3 is 2.82 bits per heavy atom. The number of nitrogens with two attached hydrogens (primary N) is 1. The number of hydrogen-bond donors (Lipinski definition) is 1. The summed E-state index contributed by atoms with van der Waals surface area (Å²) in [6.07, 6.45) is 2.28. The lowest BCUT2D eigenvalue weighted by atomic mass is 10.1. The summed E-state index contributed by atoms with van der Waals surface area (Å²) in [6.45, 7) is 3.55. The van der Waals surface area contributed by atoms with E-state index in [0.717, 1.165) is 32.5 Å². The number of likely N-dealkylation sites (tertiary alicyclic amines) is 1. The quantitative estimate of drug-likeness (QED) is 0.866. The predicted octanol–water partition coefficient (Wildman–Crippen LogP) is 1.63. The maximum absolute atomic E-state index is 12.7. The van der Waals surface area contributed by atoms with Gasteiger partial charge >= 0.3 is 0 Å². The average molecular weight is 238 g/mol. The van der Waals surface area contributed by atoms with E-state index in [4.69, 9.17) is 10.5 Å². The van der Waals surface area contributed by atoms with Crippen LogP contribution in [-0.2, 0) is 0 Å². The van der Waals surface area contributed by atoms with Gasteiger partial charge in [0.15, 0.2) is 0 Å². The molecule has 0 aromatic heterocycles. The Labute approximate surface area is 101 Å². The predicted molar refractivity (Wildman–Crippen MR) is 65.5 cm³/mol. The van der Waals surface area contributed by atoms with E-state index in [0.29, 0.717) is 18.4 Å². The number of hydrogen-bond acceptors (Lipinski definition) is 3. The minimum atomic E-state index is -0.237. The lowest BCUT2D eigenvalue weighted by Gasteiger charge is -2.30. The van der Waals surface area contributed by atoms with E-state index in [1.165, 1.54) is 12.1 Å². The van der Waals surface area contributed by atoms with Gasteiger partial charge in [-0.15, -0.1) is 0 Å². The van der Waals surface area contributed by atoms with Crippen molar-refractivity contribution in [3.63, 3.8) is 0 Å². The largest absolute Gasteiger partial charge is 0.492 e. The first kappa shape index (κ1) is 12.3. The monoisotopic (exact) mass is 238 g/mol. The van der Waals surface area contributed by atoms with Crippen molar-refractivity contribution in [2.45, 2.75) is 18.9 Å². The number of benzene rings is 1. The van der Waals surface area contributed by atoms with Crippen molar-refractivity contribution in [3.05, 3.63) is 30.1 Å². The summed E-state index contributed by atoms with van der Waals surface area (Å²) in [5.41, 5.74) is 5.90. The summed E-state index contributed by atoms with van der Waals surface area (Å²) in [6, 6.07) is 6.42. The molecule has 4 heteroatoms. The fraction of sp³-hybridized carbons (Fsp3) is 0.538. The normalized spacial score (nSPS) is 21.4. The molecule has 1 atom stereocenters. The Balaban J connectivity index is 1.70. The first-order valence-electron chi connectivity index (χ1n) is 6.10. The molecular weight excluding hydrogens is 219 g/mol. The minimum absolute atomic E-state index is 0.237. The fourth-order valence-corrected chi connectivity index (χ4v) is 2.12. The third-order valence-corrected chi connectivity index (χ3v) is 3.03. The van der Waals surface area contributed by atoms with Crippen LogP contribution in [-0.4, -0.2) is 37.2 Å². The minimum Gasteiger partial charge on any atom is -0.492 e. The van der Waals surface area contributed by atoms with Gasteiger partial charge in [-0.05, 0) is 43.7 Å². The number of halogens is 1. The van der Waals surface area contributed by atoms with Crippen LogP contribution in [0.2, 0.25) is 0 Å². The molecule has 1 saturated heterocycles. The molecule has 1 fully saturated rings. The van der Waals surface area contributed by atoms with E-state index in [1.54, 1.807) is 12.1 Å². The molecule has 1 aromatic carbocycles. The summed E-state index contributed by atoms with van der Waals surface area (Å²) in [4.78, 5) is 2.32. The highest BCUT2D eigenvalue weighted by Crippen LogP contribution is 2.12. The molecule has 0 bridgehead atoms. The van der Waals surface area contributed by atoms with Crippen molar-refractivity contribution in [2.75, 3.05) is 26.2 Å². The molecule has 17 heavy (non-hydrogen) atoms. The first-order valence-corrected chi connectivity index (χ1v) is 6.10. The summed E-state index contributed by atoms with van der Waals surface area (Å²) in [7, 11) is 0. The maximum Gasteiger partial charge on any atom is 0.123 e.